The van der Waals surface area contributed by atoms with Crippen LogP contribution in [0.5, 0.6) is 0 Å². The lowest BCUT2D eigenvalue weighted by molar-refractivity contribution is 1.36. The van der Waals surface area contributed by atoms with Crippen molar-refractivity contribution in [2.45, 2.75) is 4.90 Å². The molecule has 6 N–H and O–H groups in total. The zero-order valence-electron chi connectivity index (χ0n) is 8.64. The molecule has 0 spiro atoms. The van der Waals surface area contributed by atoms with Gasteiger partial charge in [0.05, 0.1) is 10.7 Å². The molecule has 0 saturated heterocycles. The van der Waals surface area contributed by atoms with Crippen LogP contribution in [0, 0.1) is 0 Å². The van der Waals surface area contributed by atoms with Crippen LogP contribution in [0.25, 0.3) is 0 Å². The summed E-state index contributed by atoms with van der Waals surface area (Å²) in [6.07, 6.45) is 1.94. The summed E-state index contributed by atoms with van der Waals surface area (Å²) in [6.45, 7) is 0. The Hall–Kier alpha value is -1.40. The number of guanidine groups is 2. The molecule has 0 aliphatic carbocycles. The predicted octanol–water partition coefficient (Wildman–Crippen LogP) is 1.28. The van der Waals surface area contributed by atoms with Crippen molar-refractivity contribution in [3.05, 3.63) is 23.2 Å². The fourth-order valence-electron chi connectivity index (χ4n) is 1.01. The monoisotopic (exact) mass is 257 g/mol. The van der Waals surface area contributed by atoms with Crippen LogP contribution in [0.3, 0.4) is 0 Å². The van der Waals surface area contributed by atoms with Gasteiger partial charge in [0, 0.05) is 4.90 Å². The molecule has 0 bridgehead atoms. The number of thioether (sulfide) groups is 1. The van der Waals surface area contributed by atoms with Crippen molar-refractivity contribution in [3.63, 3.8) is 0 Å². The Morgan fingerprint density at radius 1 is 1.31 bits per heavy atom. The van der Waals surface area contributed by atoms with Crippen molar-refractivity contribution in [2.24, 2.45) is 27.2 Å². The van der Waals surface area contributed by atoms with Gasteiger partial charge in [-0.05, 0) is 24.5 Å². The summed E-state index contributed by atoms with van der Waals surface area (Å²) in [5.41, 5.74) is 16.4. The Morgan fingerprint density at radius 2 is 2.00 bits per heavy atom. The number of hydrogen-bond acceptors (Lipinski definition) is 2. The van der Waals surface area contributed by atoms with Crippen molar-refractivity contribution in [1.29, 1.82) is 0 Å². The van der Waals surface area contributed by atoms with E-state index in [0.717, 1.165) is 4.90 Å². The average Bonchev–Trinajstić information content (AvgIpc) is 2.16. The molecule has 1 aromatic rings. The van der Waals surface area contributed by atoms with E-state index in [-0.39, 0.29) is 11.9 Å². The van der Waals surface area contributed by atoms with Crippen molar-refractivity contribution in [2.75, 3.05) is 6.26 Å². The second-order valence-electron chi connectivity index (χ2n) is 2.83. The number of benzene rings is 1. The van der Waals surface area contributed by atoms with Crippen LogP contribution >= 0.6 is 23.4 Å². The highest BCUT2D eigenvalue weighted by molar-refractivity contribution is 7.98. The molecule has 0 unspecified atom stereocenters. The third-order valence-electron chi connectivity index (χ3n) is 1.62. The standard InChI is InChI=1S/C9H12ClN5S/c1-16-7-3-2-5(4-6(7)10)14-9(13)15-8(11)12/h2-4H,1H3,(H6,11,12,13,14,15). The van der Waals surface area contributed by atoms with E-state index >= 15 is 0 Å². The van der Waals surface area contributed by atoms with Crippen molar-refractivity contribution in [1.82, 2.24) is 0 Å². The van der Waals surface area contributed by atoms with Crippen LogP contribution in [0.1, 0.15) is 0 Å². The van der Waals surface area contributed by atoms with Gasteiger partial charge in [-0.1, -0.05) is 11.6 Å². The zero-order valence-corrected chi connectivity index (χ0v) is 10.2. The van der Waals surface area contributed by atoms with Gasteiger partial charge in [-0.2, -0.15) is 4.99 Å². The average molecular weight is 258 g/mol. The maximum Gasteiger partial charge on any atom is 0.223 e. The van der Waals surface area contributed by atoms with Crippen LogP contribution < -0.4 is 17.2 Å². The van der Waals surface area contributed by atoms with Crippen LogP contribution in [-0.2, 0) is 0 Å². The minimum Gasteiger partial charge on any atom is -0.370 e. The van der Waals surface area contributed by atoms with Gasteiger partial charge in [-0.25, -0.2) is 4.99 Å². The van der Waals surface area contributed by atoms with Gasteiger partial charge < -0.3 is 17.2 Å². The number of hydrogen-bond donors (Lipinski definition) is 3. The molecule has 0 radical (unpaired) electrons. The molecule has 0 heterocycles. The normalized spacial score (nSPS) is 11.2. The molecule has 0 aromatic heterocycles. The van der Waals surface area contributed by atoms with Gasteiger partial charge in [0.2, 0.25) is 5.96 Å². The van der Waals surface area contributed by atoms with Crippen molar-refractivity contribution >= 4 is 41.0 Å². The zero-order chi connectivity index (χ0) is 12.1. The Balaban J connectivity index is 2.99. The molecule has 7 heteroatoms. The molecule has 0 saturated carbocycles. The molecule has 0 aliphatic rings. The molecular formula is C9H12ClN5S. The molecule has 0 atom stereocenters. The first-order chi connectivity index (χ1) is 7.52. The molecule has 0 amide bonds. The topological polar surface area (TPSA) is 103 Å². The van der Waals surface area contributed by atoms with E-state index < -0.39 is 0 Å². The second kappa shape index (κ2) is 5.62. The largest absolute Gasteiger partial charge is 0.370 e. The van der Waals surface area contributed by atoms with Gasteiger partial charge in [-0.15, -0.1) is 11.8 Å². The third-order valence-corrected chi connectivity index (χ3v) is 2.84. The minimum atomic E-state index is -0.131. The van der Waals surface area contributed by atoms with E-state index in [1.165, 1.54) is 0 Å². The first kappa shape index (κ1) is 12.7. The van der Waals surface area contributed by atoms with E-state index in [1.54, 1.807) is 23.9 Å². The fraction of sp³-hybridized carbons (Fsp3) is 0.111. The number of rotatable bonds is 2. The highest BCUT2D eigenvalue weighted by atomic mass is 35.5. The lowest BCUT2D eigenvalue weighted by atomic mass is 10.3. The fourth-order valence-corrected chi connectivity index (χ4v) is 1.88. The number of nitrogens with zero attached hydrogens (tertiary/aromatic N) is 2. The van der Waals surface area contributed by atoms with Crippen LogP contribution in [0.2, 0.25) is 5.02 Å². The van der Waals surface area contributed by atoms with Crippen LogP contribution in [-0.4, -0.2) is 18.2 Å². The van der Waals surface area contributed by atoms with Gasteiger partial charge in [-0.3, -0.25) is 0 Å². The minimum absolute atomic E-state index is 0.00651. The van der Waals surface area contributed by atoms with E-state index in [4.69, 9.17) is 28.8 Å². The molecule has 0 fully saturated rings. The van der Waals surface area contributed by atoms with Gasteiger partial charge in [0.1, 0.15) is 0 Å². The Kier molecular flexibility index (Phi) is 4.45. The molecule has 86 valence electrons. The molecule has 1 aromatic carbocycles. The van der Waals surface area contributed by atoms with Gasteiger partial charge in [0.25, 0.3) is 0 Å². The first-order valence-corrected chi connectivity index (χ1v) is 5.90. The van der Waals surface area contributed by atoms with Crippen molar-refractivity contribution < 1.29 is 0 Å². The SMILES string of the molecule is CSc1ccc(N=C(N)N=C(N)N)cc1Cl. The van der Waals surface area contributed by atoms with Gasteiger partial charge >= 0.3 is 0 Å². The summed E-state index contributed by atoms with van der Waals surface area (Å²) >= 11 is 7.56. The van der Waals surface area contributed by atoms with Gasteiger partial charge in [0.15, 0.2) is 5.96 Å². The molecular weight excluding hydrogens is 246 g/mol. The first-order valence-electron chi connectivity index (χ1n) is 4.30. The summed E-state index contributed by atoms with van der Waals surface area (Å²) in [7, 11) is 0. The highest BCUT2D eigenvalue weighted by Crippen LogP contribution is 2.29. The van der Waals surface area contributed by atoms with E-state index in [2.05, 4.69) is 9.98 Å². The highest BCUT2D eigenvalue weighted by Gasteiger charge is 2.00. The maximum atomic E-state index is 6.00. The Morgan fingerprint density at radius 3 is 2.50 bits per heavy atom. The third kappa shape index (κ3) is 3.63. The summed E-state index contributed by atoms with van der Waals surface area (Å²) in [5, 5.41) is 0.617. The van der Waals surface area contributed by atoms with Crippen LogP contribution in [0.4, 0.5) is 5.69 Å². The maximum absolute atomic E-state index is 6.00. The molecule has 0 aliphatic heterocycles. The molecule has 1 rings (SSSR count). The quantitative estimate of drug-likeness (QED) is 0.422. The second-order valence-corrected chi connectivity index (χ2v) is 4.08. The lowest BCUT2D eigenvalue weighted by Gasteiger charge is -2.01. The summed E-state index contributed by atoms with van der Waals surface area (Å²) < 4.78 is 0. The summed E-state index contributed by atoms with van der Waals surface area (Å²) in [5.74, 6) is -0.138. The number of nitrogens with two attached hydrogens (primary N) is 3. The smallest absolute Gasteiger partial charge is 0.223 e. The van der Waals surface area contributed by atoms with Crippen molar-refractivity contribution in [3.8, 4) is 0 Å². The number of aliphatic imine (C=N–C) groups is 2. The Bertz CT molecular complexity index is 440. The summed E-state index contributed by atoms with van der Waals surface area (Å²) in [4.78, 5) is 8.56. The van der Waals surface area contributed by atoms with E-state index in [1.807, 2.05) is 12.3 Å². The van der Waals surface area contributed by atoms with Crippen LogP contribution in [0.15, 0.2) is 33.1 Å². The summed E-state index contributed by atoms with van der Waals surface area (Å²) in [6, 6.07) is 5.34. The van der Waals surface area contributed by atoms with E-state index in [9.17, 15) is 0 Å². The molecule has 5 nitrogen and oxygen atoms in total. The predicted molar refractivity (Wildman–Crippen MR) is 70.3 cm³/mol. The number of halogens is 1. The Labute approximate surface area is 103 Å². The van der Waals surface area contributed by atoms with E-state index in [0.29, 0.717) is 10.7 Å². The molecule has 16 heavy (non-hydrogen) atoms. The lowest BCUT2D eigenvalue weighted by Crippen LogP contribution is -2.26.